The number of aliphatic hydroxyl groups is 1. The van der Waals surface area contributed by atoms with Crippen molar-refractivity contribution in [2.24, 2.45) is 45.5 Å². The molecule has 1 aliphatic heterocycles. The molecule has 1 saturated heterocycles. The molecule has 1 fully saturated rings. The van der Waals surface area contributed by atoms with Crippen molar-refractivity contribution in [1.82, 2.24) is 47.4 Å². The van der Waals surface area contributed by atoms with E-state index in [0.29, 0.717) is 43.2 Å². The van der Waals surface area contributed by atoms with Crippen LogP contribution in [-0.4, -0.2) is 173 Å². The van der Waals surface area contributed by atoms with Gasteiger partial charge in [-0.15, -0.1) is 0 Å². The predicted molar refractivity (Wildman–Crippen MR) is 353 cm³/mol. The lowest BCUT2D eigenvalue weighted by Gasteiger charge is -2.31. The smallest absolute Gasteiger partial charge is 0.326 e. The number of amides is 9. The number of aliphatic imine (C=N–C) groups is 1. The van der Waals surface area contributed by atoms with Gasteiger partial charge in [0.2, 0.25) is 53.2 Å². The molecule has 93 heavy (non-hydrogen) atoms. The van der Waals surface area contributed by atoms with Gasteiger partial charge in [-0.1, -0.05) is 119 Å². The number of benzene rings is 3. The third-order valence-corrected chi connectivity index (χ3v) is 15.7. The minimum atomic E-state index is -1.70. The lowest BCUT2D eigenvalue weighted by atomic mass is 10.00. The van der Waals surface area contributed by atoms with Gasteiger partial charge in [0.25, 0.3) is 0 Å². The molecule has 1 heterocycles. The third kappa shape index (κ3) is 27.3. The van der Waals surface area contributed by atoms with E-state index in [1.807, 2.05) is 44.2 Å². The average Bonchev–Trinajstić information content (AvgIpc) is 2.01. The van der Waals surface area contributed by atoms with Crippen molar-refractivity contribution in [2.75, 3.05) is 26.2 Å². The molecular weight excluding hydrogens is 1190 g/mol. The van der Waals surface area contributed by atoms with Gasteiger partial charge < -0.3 is 86.3 Å². The fourth-order valence-corrected chi connectivity index (χ4v) is 10.8. The number of guanidine groups is 1. The summed E-state index contributed by atoms with van der Waals surface area (Å²) in [6.07, 6.45) is 1.17. The number of carboxylic acids is 1. The van der Waals surface area contributed by atoms with Gasteiger partial charge in [0.1, 0.15) is 54.4 Å². The number of carbonyl (C=O) groups excluding carboxylic acids is 9. The van der Waals surface area contributed by atoms with Crippen LogP contribution < -0.4 is 71.2 Å². The summed E-state index contributed by atoms with van der Waals surface area (Å²) in [4.78, 5) is 146. The summed E-state index contributed by atoms with van der Waals surface area (Å²) in [7, 11) is 0. The highest BCUT2D eigenvalue weighted by Crippen LogP contribution is 2.22. The molecule has 27 nitrogen and oxygen atoms in total. The second kappa shape index (κ2) is 40.4. The Kier molecular flexibility index (Phi) is 33.5. The first-order valence-electron chi connectivity index (χ1n) is 32.3. The second-order valence-electron chi connectivity index (χ2n) is 24.6. The molecule has 0 radical (unpaired) electrons. The molecule has 27 heteroatoms. The summed E-state index contributed by atoms with van der Waals surface area (Å²) in [5.41, 5.74) is 31.3. The van der Waals surface area contributed by atoms with Crippen LogP contribution in [-0.2, 0) is 67.2 Å². The summed E-state index contributed by atoms with van der Waals surface area (Å²) in [6.45, 7) is 9.32. The van der Waals surface area contributed by atoms with Crippen LogP contribution in [0.3, 0.4) is 0 Å². The Morgan fingerprint density at radius 1 is 0.505 bits per heavy atom. The standard InChI is InChI=1S/C66H101N15O12/c1-40(2)35-50(77-63(90)55(42(5)82)80-59(86)48(28-16-18-32-68)75-62(89)54-30-20-34-81(54)64(91)52(36-41(3)4)78-56(83)46(69)37-43-21-9-6-10-22-43)60(87)74-49(29-19-33-72-66(70)71)57(84)73-47(27-15-17-31-67)58(85)76-51(38-44-23-11-7-12-24-44)61(88)79-53(65(92)93)39-45-25-13-8-14-26-45/h6-14,21-26,40-42,46-55,82H,15-20,27-39,67-69H2,1-5H3,(H,73,84)(H,74,87)(H,75,89)(H,76,85)(H,77,90)(H,78,83)(H,79,88)(H,80,86)(H,92,93)(H4,70,71,72)/t42-,46-,47-,48-,49-,50-,51-,52-,53-,54-,55-/m0/s1. The Morgan fingerprint density at radius 3 is 1.40 bits per heavy atom. The fourth-order valence-electron chi connectivity index (χ4n) is 10.8. The van der Waals surface area contributed by atoms with Crippen molar-refractivity contribution >= 4 is 65.1 Å². The number of likely N-dealkylation sites (tertiary alicyclic amines) is 1. The highest BCUT2D eigenvalue weighted by Gasteiger charge is 2.41. The van der Waals surface area contributed by atoms with Crippen LogP contribution >= 0.6 is 0 Å². The SMILES string of the molecule is CC(C)C[C@H](NC(=O)[C@@H](NC(=O)[C@H](CCCCN)NC(=O)[C@@H]1CCCN1C(=O)[C@H](CC(C)C)NC(=O)[C@@H](N)Cc1ccccc1)[C@H](C)O)C(=O)N[C@@H](CCCN=C(N)N)C(=O)N[C@@H](CCCCN)C(=O)N[C@@H](Cc1ccccc1)C(=O)N[C@@H](Cc1ccccc1)C(=O)O. The van der Waals surface area contributed by atoms with Crippen molar-refractivity contribution < 1.29 is 58.2 Å². The van der Waals surface area contributed by atoms with Crippen LogP contribution in [0.2, 0.25) is 0 Å². The van der Waals surface area contributed by atoms with Gasteiger partial charge in [0.15, 0.2) is 5.96 Å². The van der Waals surface area contributed by atoms with E-state index in [1.165, 1.54) is 11.8 Å². The van der Waals surface area contributed by atoms with Crippen LogP contribution in [0.15, 0.2) is 96.0 Å². The van der Waals surface area contributed by atoms with Gasteiger partial charge in [-0.05, 0) is 132 Å². The van der Waals surface area contributed by atoms with Crippen LogP contribution in [0, 0.1) is 11.8 Å². The van der Waals surface area contributed by atoms with Crippen LogP contribution in [0.5, 0.6) is 0 Å². The lowest BCUT2D eigenvalue weighted by Crippen LogP contribution is -2.62. The van der Waals surface area contributed by atoms with E-state index in [2.05, 4.69) is 47.5 Å². The predicted octanol–water partition coefficient (Wildman–Crippen LogP) is -0.220. The monoisotopic (exact) mass is 1300 g/mol. The molecule has 0 saturated carbocycles. The van der Waals surface area contributed by atoms with Crippen molar-refractivity contribution in [3.8, 4) is 0 Å². The minimum Gasteiger partial charge on any atom is -0.480 e. The maximum absolute atomic E-state index is 14.6. The van der Waals surface area contributed by atoms with Crippen molar-refractivity contribution in [3.05, 3.63) is 108 Å². The van der Waals surface area contributed by atoms with E-state index in [0.717, 1.165) is 5.56 Å². The zero-order chi connectivity index (χ0) is 68.6. The molecule has 20 N–H and O–H groups in total. The average molecular weight is 1300 g/mol. The Balaban J connectivity index is 1.56. The second-order valence-corrected chi connectivity index (χ2v) is 24.6. The zero-order valence-electron chi connectivity index (χ0n) is 54.4. The highest BCUT2D eigenvalue weighted by molar-refractivity contribution is 5.99. The number of nitrogens with one attached hydrogen (secondary N) is 8. The number of rotatable bonds is 41. The fraction of sp³-hybridized carbons (Fsp3) is 0.561. The molecule has 0 unspecified atom stereocenters. The molecule has 512 valence electrons. The first-order valence-corrected chi connectivity index (χ1v) is 32.3. The van der Waals surface area contributed by atoms with E-state index in [-0.39, 0.29) is 108 Å². The Bertz CT molecular complexity index is 2900. The van der Waals surface area contributed by atoms with Crippen molar-refractivity contribution in [2.45, 2.75) is 197 Å². The molecular formula is C66H101N15O12. The number of hydrogen-bond donors (Lipinski definition) is 15. The number of hydrogen-bond acceptors (Lipinski definition) is 15. The lowest BCUT2D eigenvalue weighted by molar-refractivity contribution is -0.142. The molecule has 3 aromatic carbocycles. The minimum absolute atomic E-state index is 0.0139. The normalized spacial score (nSPS) is 16.1. The molecule has 0 bridgehead atoms. The molecule has 0 aliphatic carbocycles. The van der Waals surface area contributed by atoms with Crippen molar-refractivity contribution in [1.29, 1.82) is 0 Å². The van der Waals surface area contributed by atoms with E-state index in [1.54, 1.807) is 74.5 Å². The number of carboxylic acid groups (broad SMARTS) is 1. The first-order chi connectivity index (χ1) is 44.3. The van der Waals surface area contributed by atoms with Crippen LogP contribution in [0.4, 0.5) is 0 Å². The number of carbonyl (C=O) groups is 10. The van der Waals surface area contributed by atoms with Gasteiger partial charge >= 0.3 is 5.97 Å². The highest BCUT2D eigenvalue weighted by atomic mass is 16.4. The number of aliphatic hydroxyl groups excluding tert-OH is 1. The van der Waals surface area contributed by atoms with E-state index < -0.39 is 126 Å². The third-order valence-electron chi connectivity index (χ3n) is 15.7. The Labute approximate surface area is 545 Å². The summed E-state index contributed by atoms with van der Waals surface area (Å²) in [5.74, 6) is -8.64. The van der Waals surface area contributed by atoms with E-state index >= 15 is 0 Å². The maximum atomic E-state index is 14.6. The van der Waals surface area contributed by atoms with E-state index in [4.69, 9.17) is 28.7 Å². The molecule has 1 aliphatic rings. The topological polar surface area (TPSA) is 453 Å². The molecule has 3 aromatic rings. The Morgan fingerprint density at radius 2 is 0.914 bits per heavy atom. The summed E-state index contributed by atoms with van der Waals surface area (Å²) >= 11 is 0. The number of aliphatic carboxylic acids is 1. The molecule has 9 amide bonds. The largest absolute Gasteiger partial charge is 0.480 e. The van der Waals surface area contributed by atoms with E-state index in [9.17, 15) is 58.2 Å². The van der Waals surface area contributed by atoms with Crippen LogP contribution in [0.1, 0.15) is 128 Å². The first kappa shape index (κ1) is 76.9. The van der Waals surface area contributed by atoms with Crippen LogP contribution in [0.25, 0.3) is 0 Å². The number of nitrogens with two attached hydrogens (primary N) is 5. The van der Waals surface area contributed by atoms with Gasteiger partial charge in [0, 0.05) is 25.9 Å². The van der Waals surface area contributed by atoms with Gasteiger partial charge in [0.05, 0.1) is 12.1 Å². The molecule has 4 rings (SSSR count). The van der Waals surface area contributed by atoms with Gasteiger partial charge in [-0.25, -0.2) is 4.79 Å². The Hall–Kier alpha value is -8.53. The maximum Gasteiger partial charge on any atom is 0.326 e. The summed E-state index contributed by atoms with van der Waals surface area (Å²) in [5, 5.41) is 42.9. The summed E-state index contributed by atoms with van der Waals surface area (Å²) in [6, 6.07) is 13.8. The summed E-state index contributed by atoms with van der Waals surface area (Å²) < 4.78 is 0. The quantitative estimate of drug-likeness (QED) is 0.0198. The number of unbranched alkanes of at least 4 members (excludes halogenated alkanes) is 2. The van der Waals surface area contributed by atoms with Gasteiger partial charge in [-0.3, -0.25) is 48.1 Å². The molecule has 11 atom stereocenters. The molecule has 0 aromatic heterocycles. The molecule has 0 spiro atoms. The number of nitrogens with zero attached hydrogens (tertiary/aromatic N) is 2. The van der Waals surface area contributed by atoms with Crippen molar-refractivity contribution in [3.63, 3.8) is 0 Å². The zero-order valence-corrected chi connectivity index (χ0v) is 54.4. The van der Waals surface area contributed by atoms with Gasteiger partial charge in [-0.2, -0.15) is 0 Å².